The third kappa shape index (κ3) is 3.60. The summed E-state index contributed by atoms with van der Waals surface area (Å²) in [5.41, 5.74) is 0.269. The Balaban J connectivity index is 1.99. The second-order valence-electron chi connectivity index (χ2n) is 6.06. The highest BCUT2D eigenvalue weighted by molar-refractivity contribution is 5.47. The molecule has 0 unspecified atom stereocenters. The predicted molar refractivity (Wildman–Crippen MR) is 81.9 cm³/mol. The number of piperazine rings is 1. The summed E-state index contributed by atoms with van der Waals surface area (Å²) >= 11 is 0. The molecular formula is C15H26N4. The average Bonchev–Trinajstić information content (AvgIpc) is 2.39. The molecule has 4 heteroatoms. The molecule has 4 nitrogen and oxygen atoms in total. The second-order valence-corrected chi connectivity index (χ2v) is 6.06. The van der Waals surface area contributed by atoms with Crippen molar-refractivity contribution in [2.45, 2.75) is 33.2 Å². The fourth-order valence-electron chi connectivity index (χ4n) is 2.49. The van der Waals surface area contributed by atoms with Crippen LogP contribution in [0.25, 0.3) is 0 Å². The van der Waals surface area contributed by atoms with Gasteiger partial charge in [-0.1, -0.05) is 6.07 Å². The first kappa shape index (κ1) is 14.1. The monoisotopic (exact) mass is 262 g/mol. The zero-order valence-corrected chi connectivity index (χ0v) is 12.6. The van der Waals surface area contributed by atoms with Gasteiger partial charge in [0, 0.05) is 38.3 Å². The fourth-order valence-corrected chi connectivity index (χ4v) is 2.49. The molecular weight excluding hydrogens is 236 g/mol. The minimum atomic E-state index is 0.269. The van der Waals surface area contributed by atoms with Crippen molar-refractivity contribution in [1.29, 1.82) is 0 Å². The molecule has 106 valence electrons. The Kier molecular flexibility index (Phi) is 4.30. The van der Waals surface area contributed by atoms with Crippen LogP contribution in [0, 0.1) is 0 Å². The molecule has 1 aliphatic heterocycles. The summed E-state index contributed by atoms with van der Waals surface area (Å²) in [6.07, 6.45) is 0. The average molecular weight is 262 g/mol. The van der Waals surface area contributed by atoms with Crippen LogP contribution in [0.2, 0.25) is 0 Å². The Hall–Kier alpha value is -1.29. The van der Waals surface area contributed by atoms with Crippen LogP contribution in [-0.4, -0.2) is 48.1 Å². The standard InChI is InChI=1S/C15H26N4/c1-5-16-13-7-6-8-14(17-13)18-9-11-19(12-10-18)15(2,3)4/h6-8H,5,9-12H2,1-4H3,(H,16,17). The van der Waals surface area contributed by atoms with Crippen molar-refractivity contribution in [2.24, 2.45) is 0 Å². The predicted octanol–water partition coefficient (Wildman–Crippen LogP) is 2.43. The zero-order chi connectivity index (χ0) is 13.9. The summed E-state index contributed by atoms with van der Waals surface area (Å²) in [6.45, 7) is 14.2. The van der Waals surface area contributed by atoms with Gasteiger partial charge in [0.05, 0.1) is 0 Å². The van der Waals surface area contributed by atoms with E-state index in [2.05, 4.69) is 59.9 Å². The van der Waals surface area contributed by atoms with Crippen molar-refractivity contribution in [3.8, 4) is 0 Å². The highest BCUT2D eigenvalue weighted by atomic mass is 15.3. The molecule has 0 aromatic carbocycles. The lowest BCUT2D eigenvalue weighted by Gasteiger charge is -2.42. The Morgan fingerprint density at radius 2 is 1.84 bits per heavy atom. The lowest BCUT2D eigenvalue weighted by Crippen LogP contribution is -2.53. The molecule has 0 saturated carbocycles. The highest BCUT2D eigenvalue weighted by Gasteiger charge is 2.26. The van der Waals surface area contributed by atoms with E-state index in [0.29, 0.717) is 0 Å². The number of rotatable bonds is 3. The Bertz CT molecular complexity index is 403. The van der Waals surface area contributed by atoms with E-state index < -0.39 is 0 Å². The summed E-state index contributed by atoms with van der Waals surface area (Å²) in [4.78, 5) is 9.59. The lowest BCUT2D eigenvalue weighted by molar-refractivity contribution is 0.128. The van der Waals surface area contributed by atoms with Gasteiger partial charge in [-0.05, 0) is 39.8 Å². The zero-order valence-electron chi connectivity index (χ0n) is 12.6. The molecule has 0 amide bonds. The SMILES string of the molecule is CCNc1cccc(N2CCN(C(C)(C)C)CC2)n1. The molecule has 0 atom stereocenters. The maximum Gasteiger partial charge on any atom is 0.131 e. The van der Waals surface area contributed by atoms with Crippen LogP contribution in [-0.2, 0) is 0 Å². The summed E-state index contributed by atoms with van der Waals surface area (Å²) in [6, 6.07) is 6.21. The van der Waals surface area contributed by atoms with E-state index in [4.69, 9.17) is 0 Å². The minimum Gasteiger partial charge on any atom is -0.370 e. The largest absolute Gasteiger partial charge is 0.370 e. The first-order valence-corrected chi connectivity index (χ1v) is 7.21. The molecule has 1 aliphatic rings. The van der Waals surface area contributed by atoms with Crippen molar-refractivity contribution >= 4 is 11.6 Å². The number of nitrogens with one attached hydrogen (secondary N) is 1. The summed E-state index contributed by atoms with van der Waals surface area (Å²) in [5.74, 6) is 2.06. The summed E-state index contributed by atoms with van der Waals surface area (Å²) in [7, 11) is 0. The molecule has 0 bridgehead atoms. The van der Waals surface area contributed by atoms with Gasteiger partial charge in [0.25, 0.3) is 0 Å². The summed E-state index contributed by atoms with van der Waals surface area (Å²) < 4.78 is 0. The van der Waals surface area contributed by atoms with E-state index >= 15 is 0 Å². The van der Waals surface area contributed by atoms with Gasteiger partial charge in [0.15, 0.2) is 0 Å². The number of hydrogen-bond acceptors (Lipinski definition) is 4. The van der Waals surface area contributed by atoms with E-state index in [1.54, 1.807) is 0 Å². The van der Waals surface area contributed by atoms with Crippen molar-refractivity contribution in [1.82, 2.24) is 9.88 Å². The maximum absolute atomic E-state index is 4.67. The van der Waals surface area contributed by atoms with Gasteiger partial charge in [-0.25, -0.2) is 4.98 Å². The molecule has 1 N–H and O–H groups in total. The van der Waals surface area contributed by atoms with Gasteiger partial charge in [-0.3, -0.25) is 4.90 Å². The third-order valence-corrected chi connectivity index (χ3v) is 3.64. The van der Waals surface area contributed by atoms with Gasteiger partial charge in [-0.15, -0.1) is 0 Å². The van der Waals surface area contributed by atoms with Gasteiger partial charge in [-0.2, -0.15) is 0 Å². The van der Waals surface area contributed by atoms with Crippen LogP contribution in [0.15, 0.2) is 18.2 Å². The first-order valence-electron chi connectivity index (χ1n) is 7.21. The van der Waals surface area contributed by atoms with E-state index in [0.717, 1.165) is 44.4 Å². The van der Waals surface area contributed by atoms with E-state index in [1.807, 2.05) is 6.07 Å². The summed E-state index contributed by atoms with van der Waals surface area (Å²) in [5, 5.41) is 3.27. The number of nitrogens with zero attached hydrogens (tertiary/aromatic N) is 3. The maximum atomic E-state index is 4.67. The molecule has 1 fully saturated rings. The molecule has 2 heterocycles. The van der Waals surface area contributed by atoms with Crippen LogP contribution >= 0.6 is 0 Å². The lowest BCUT2D eigenvalue weighted by atomic mass is 10.1. The quantitative estimate of drug-likeness (QED) is 0.906. The van der Waals surface area contributed by atoms with Gasteiger partial charge >= 0.3 is 0 Å². The van der Waals surface area contributed by atoms with Crippen LogP contribution < -0.4 is 10.2 Å². The second kappa shape index (κ2) is 5.78. The van der Waals surface area contributed by atoms with Crippen LogP contribution in [0.4, 0.5) is 11.6 Å². The van der Waals surface area contributed by atoms with Crippen molar-refractivity contribution in [3.05, 3.63) is 18.2 Å². The van der Waals surface area contributed by atoms with Crippen LogP contribution in [0.5, 0.6) is 0 Å². The molecule has 1 aromatic heterocycles. The molecule has 2 rings (SSSR count). The smallest absolute Gasteiger partial charge is 0.131 e. The molecule has 0 radical (unpaired) electrons. The Morgan fingerprint density at radius 1 is 1.16 bits per heavy atom. The van der Waals surface area contributed by atoms with E-state index in [1.165, 1.54) is 0 Å². The van der Waals surface area contributed by atoms with Crippen molar-refractivity contribution in [3.63, 3.8) is 0 Å². The van der Waals surface area contributed by atoms with Crippen LogP contribution in [0.3, 0.4) is 0 Å². The molecule has 1 aromatic rings. The van der Waals surface area contributed by atoms with Crippen LogP contribution in [0.1, 0.15) is 27.7 Å². The first-order chi connectivity index (χ1) is 9.00. The number of anilines is 2. The third-order valence-electron chi connectivity index (χ3n) is 3.64. The fraction of sp³-hybridized carbons (Fsp3) is 0.667. The van der Waals surface area contributed by atoms with Crippen molar-refractivity contribution < 1.29 is 0 Å². The Morgan fingerprint density at radius 3 is 2.42 bits per heavy atom. The highest BCUT2D eigenvalue weighted by Crippen LogP contribution is 2.20. The molecule has 0 spiro atoms. The topological polar surface area (TPSA) is 31.4 Å². The van der Waals surface area contributed by atoms with Gasteiger partial charge < -0.3 is 10.2 Å². The van der Waals surface area contributed by atoms with Gasteiger partial charge in [0.2, 0.25) is 0 Å². The number of hydrogen-bond donors (Lipinski definition) is 1. The Labute approximate surface area is 116 Å². The number of aromatic nitrogens is 1. The molecule has 19 heavy (non-hydrogen) atoms. The van der Waals surface area contributed by atoms with E-state index in [9.17, 15) is 0 Å². The van der Waals surface area contributed by atoms with E-state index in [-0.39, 0.29) is 5.54 Å². The van der Waals surface area contributed by atoms with Crippen molar-refractivity contribution in [2.75, 3.05) is 42.9 Å². The molecule has 0 aliphatic carbocycles. The normalized spacial score (nSPS) is 17.6. The minimum absolute atomic E-state index is 0.269. The number of pyridine rings is 1. The van der Waals surface area contributed by atoms with Gasteiger partial charge in [0.1, 0.15) is 11.6 Å². The molecule has 1 saturated heterocycles.